The van der Waals surface area contributed by atoms with Gasteiger partial charge in [-0.15, -0.1) is 0 Å². The van der Waals surface area contributed by atoms with Crippen LogP contribution in [0, 0.1) is 0 Å². The van der Waals surface area contributed by atoms with Crippen molar-refractivity contribution in [1.29, 1.82) is 0 Å². The van der Waals surface area contributed by atoms with Crippen molar-refractivity contribution in [2.75, 3.05) is 19.4 Å². The molecule has 0 aliphatic rings. The second-order valence-electron chi connectivity index (χ2n) is 4.03. The van der Waals surface area contributed by atoms with E-state index in [-0.39, 0.29) is 11.7 Å². The van der Waals surface area contributed by atoms with Crippen LogP contribution in [0.3, 0.4) is 0 Å². The molecule has 0 aliphatic carbocycles. The van der Waals surface area contributed by atoms with Gasteiger partial charge in [0.05, 0.1) is 12.9 Å². The molecule has 0 fully saturated rings. The van der Waals surface area contributed by atoms with Crippen LogP contribution in [0.15, 0.2) is 22.7 Å². The highest BCUT2D eigenvalue weighted by Crippen LogP contribution is 2.24. The maximum atomic E-state index is 11.9. The summed E-state index contributed by atoms with van der Waals surface area (Å²) in [5.74, 6) is 0.845. The highest BCUT2D eigenvalue weighted by Gasteiger charge is 2.11. The number of benzene rings is 1. The number of ether oxygens (including phenoxy) is 1. The minimum absolute atomic E-state index is 0.0235. The highest BCUT2D eigenvalue weighted by atomic mass is 79.9. The van der Waals surface area contributed by atoms with Gasteiger partial charge in [0.2, 0.25) is 5.91 Å². The normalized spacial score (nSPS) is 11.9. The number of hydrogen-bond acceptors (Lipinski definition) is 3. The van der Waals surface area contributed by atoms with Gasteiger partial charge in [0.15, 0.2) is 0 Å². The highest BCUT2D eigenvalue weighted by molar-refractivity contribution is 9.10. The number of rotatable bonds is 7. The predicted molar refractivity (Wildman–Crippen MR) is 80.7 cm³/mol. The van der Waals surface area contributed by atoms with Crippen molar-refractivity contribution in [1.82, 2.24) is 5.32 Å². The molecule has 106 valence electrons. The number of methoxy groups -OCH3 is 1. The molecule has 4 nitrogen and oxygen atoms in total. The van der Waals surface area contributed by atoms with E-state index >= 15 is 0 Å². The molecule has 1 amide bonds. The molecule has 0 aliphatic heterocycles. The Bertz CT molecular complexity index is 465. The lowest BCUT2D eigenvalue weighted by Gasteiger charge is -2.09. The van der Waals surface area contributed by atoms with E-state index < -0.39 is 10.8 Å². The molecule has 1 aromatic carbocycles. The molecule has 6 heteroatoms. The molecule has 0 saturated heterocycles. The van der Waals surface area contributed by atoms with Gasteiger partial charge in [-0.25, -0.2) is 0 Å². The SMILES string of the molecule is CCCNC(=O)C[S@@](=O)Cc1cc(Br)ccc1OC. The molecule has 0 aromatic heterocycles. The second kappa shape index (κ2) is 8.32. The number of carbonyl (C=O) groups is 1. The zero-order valence-corrected chi connectivity index (χ0v) is 13.5. The van der Waals surface area contributed by atoms with Crippen LogP contribution < -0.4 is 10.1 Å². The van der Waals surface area contributed by atoms with Gasteiger partial charge in [-0.1, -0.05) is 22.9 Å². The average molecular weight is 348 g/mol. The Morgan fingerprint density at radius 2 is 2.21 bits per heavy atom. The van der Waals surface area contributed by atoms with Gasteiger partial charge in [0.1, 0.15) is 11.5 Å². The van der Waals surface area contributed by atoms with E-state index in [1.807, 2.05) is 25.1 Å². The lowest BCUT2D eigenvalue weighted by molar-refractivity contribution is -0.118. The lowest BCUT2D eigenvalue weighted by Crippen LogP contribution is -2.29. The van der Waals surface area contributed by atoms with Crippen LogP contribution in [0.5, 0.6) is 5.75 Å². The summed E-state index contributed by atoms with van der Waals surface area (Å²) in [6, 6.07) is 5.54. The number of carbonyl (C=O) groups excluding carboxylic acids is 1. The van der Waals surface area contributed by atoms with Crippen LogP contribution in [0.2, 0.25) is 0 Å². The van der Waals surface area contributed by atoms with E-state index in [1.165, 1.54) is 0 Å². The lowest BCUT2D eigenvalue weighted by atomic mass is 10.2. The van der Waals surface area contributed by atoms with Crippen molar-refractivity contribution >= 4 is 32.6 Å². The van der Waals surface area contributed by atoms with E-state index in [1.54, 1.807) is 7.11 Å². The second-order valence-corrected chi connectivity index (χ2v) is 6.41. The van der Waals surface area contributed by atoms with Crippen molar-refractivity contribution in [2.24, 2.45) is 0 Å². The van der Waals surface area contributed by atoms with E-state index in [0.717, 1.165) is 16.5 Å². The van der Waals surface area contributed by atoms with Crippen LogP contribution in [-0.2, 0) is 21.3 Å². The number of halogens is 1. The van der Waals surface area contributed by atoms with E-state index in [0.29, 0.717) is 18.0 Å². The van der Waals surface area contributed by atoms with Crippen molar-refractivity contribution in [3.63, 3.8) is 0 Å². The third-order valence-corrected chi connectivity index (χ3v) is 4.13. The summed E-state index contributed by atoms with van der Waals surface area (Å²) < 4.78 is 18.1. The molecule has 0 spiro atoms. The molecular weight excluding hydrogens is 330 g/mol. The topological polar surface area (TPSA) is 55.4 Å². The Hall–Kier alpha value is -0.880. The Labute approximate surface area is 124 Å². The van der Waals surface area contributed by atoms with E-state index in [4.69, 9.17) is 4.74 Å². The van der Waals surface area contributed by atoms with Gasteiger partial charge in [-0.05, 0) is 24.6 Å². The minimum atomic E-state index is -1.24. The van der Waals surface area contributed by atoms with Gasteiger partial charge in [0.25, 0.3) is 0 Å². The first-order valence-corrected chi connectivity index (χ1v) is 8.29. The van der Waals surface area contributed by atoms with Gasteiger partial charge < -0.3 is 10.1 Å². The zero-order valence-electron chi connectivity index (χ0n) is 11.1. The van der Waals surface area contributed by atoms with Gasteiger partial charge >= 0.3 is 0 Å². The zero-order chi connectivity index (χ0) is 14.3. The Morgan fingerprint density at radius 1 is 1.47 bits per heavy atom. The monoisotopic (exact) mass is 347 g/mol. The molecular formula is C13H18BrNO3S. The Morgan fingerprint density at radius 3 is 2.84 bits per heavy atom. The van der Waals surface area contributed by atoms with Crippen molar-refractivity contribution in [3.8, 4) is 5.75 Å². The largest absolute Gasteiger partial charge is 0.496 e. The van der Waals surface area contributed by atoms with Crippen LogP contribution in [-0.4, -0.2) is 29.5 Å². The average Bonchev–Trinajstić information content (AvgIpc) is 2.36. The summed E-state index contributed by atoms with van der Waals surface area (Å²) in [7, 11) is 0.335. The summed E-state index contributed by atoms with van der Waals surface area (Å²) in [5, 5.41) is 2.72. The molecule has 1 atom stereocenters. The van der Waals surface area contributed by atoms with E-state index in [9.17, 15) is 9.00 Å². The van der Waals surface area contributed by atoms with Crippen molar-refractivity contribution < 1.29 is 13.7 Å². The van der Waals surface area contributed by atoms with Crippen LogP contribution in [0.25, 0.3) is 0 Å². The fraction of sp³-hybridized carbons (Fsp3) is 0.462. The van der Waals surface area contributed by atoms with E-state index in [2.05, 4.69) is 21.2 Å². The maximum absolute atomic E-state index is 11.9. The summed E-state index contributed by atoms with van der Waals surface area (Å²) >= 11 is 3.37. The van der Waals surface area contributed by atoms with Crippen LogP contribution >= 0.6 is 15.9 Å². The Kier molecular flexibility index (Phi) is 7.09. The minimum Gasteiger partial charge on any atom is -0.496 e. The molecule has 0 saturated carbocycles. The van der Waals surface area contributed by atoms with Crippen LogP contribution in [0.1, 0.15) is 18.9 Å². The third-order valence-electron chi connectivity index (χ3n) is 2.42. The van der Waals surface area contributed by atoms with Gasteiger partial charge in [0, 0.05) is 27.4 Å². The number of hydrogen-bond donors (Lipinski definition) is 1. The summed E-state index contributed by atoms with van der Waals surface area (Å²) in [6.07, 6.45) is 0.873. The standard InChI is InChI=1S/C13H18BrNO3S/c1-3-6-15-13(16)9-19(17)8-10-7-11(14)4-5-12(10)18-2/h4-5,7H,3,6,8-9H2,1-2H3,(H,15,16)/t19-/m0/s1. The Balaban J connectivity index is 2.61. The molecule has 19 heavy (non-hydrogen) atoms. The first kappa shape index (κ1) is 16.2. The van der Waals surface area contributed by atoms with Crippen molar-refractivity contribution in [2.45, 2.75) is 19.1 Å². The number of amides is 1. The van der Waals surface area contributed by atoms with Gasteiger partial charge in [-0.2, -0.15) is 0 Å². The third kappa shape index (κ3) is 5.74. The summed E-state index contributed by atoms with van der Waals surface area (Å²) in [4.78, 5) is 11.5. The molecule has 0 unspecified atom stereocenters. The molecule has 0 bridgehead atoms. The van der Waals surface area contributed by atoms with Crippen molar-refractivity contribution in [3.05, 3.63) is 28.2 Å². The van der Waals surface area contributed by atoms with Crippen LogP contribution in [0.4, 0.5) is 0 Å². The maximum Gasteiger partial charge on any atom is 0.232 e. The molecule has 0 radical (unpaired) electrons. The first-order chi connectivity index (χ1) is 9.06. The predicted octanol–water partition coefficient (Wildman–Crippen LogP) is 2.23. The summed E-state index contributed by atoms with van der Waals surface area (Å²) in [5.41, 5.74) is 0.832. The smallest absolute Gasteiger partial charge is 0.232 e. The fourth-order valence-corrected chi connectivity index (χ4v) is 3.02. The molecule has 1 rings (SSSR count). The number of nitrogens with one attached hydrogen (secondary N) is 1. The molecule has 1 aromatic rings. The quantitative estimate of drug-likeness (QED) is 0.822. The van der Waals surface area contributed by atoms with Gasteiger partial charge in [-0.3, -0.25) is 9.00 Å². The molecule has 0 heterocycles. The molecule has 1 N–H and O–H groups in total. The first-order valence-electron chi connectivity index (χ1n) is 6.01. The summed E-state index contributed by atoms with van der Waals surface area (Å²) in [6.45, 7) is 2.60. The fourth-order valence-electron chi connectivity index (χ4n) is 1.55.